The second-order valence-corrected chi connectivity index (χ2v) is 12.2. The van der Waals surface area contributed by atoms with Crippen LogP contribution in [0, 0.1) is 0 Å². The number of fused-ring (bicyclic) bond motifs is 1. The first-order valence-corrected chi connectivity index (χ1v) is 16.8. The summed E-state index contributed by atoms with van der Waals surface area (Å²) in [6, 6.07) is 32.1. The van der Waals surface area contributed by atoms with Crippen LogP contribution in [0.5, 0.6) is 11.5 Å². The summed E-state index contributed by atoms with van der Waals surface area (Å²) in [6.45, 7) is 2.29. The number of carbonyl (C=O) groups is 1. The third kappa shape index (κ3) is 6.29. The molecule has 1 atom stereocenters. The number of ether oxygens (including phenoxy) is 3. The number of hydrogen-bond donors (Lipinski definition) is 0. The van der Waals surface area contributed by atoms with Gasteiger partial charge in [-0.1, -0.05) is 96.3 Å². The molecule has 0 N–H and O–H groups in total. The Morgan fingerprint density at radius 2 is 1.67 bits per heavy atom. The maximum Gasteiger partial charge on any atom is 0.338 e. The number of methoxy groups -OCH3 is 1. The Morgan fingerprint density at radius 1 is 0.957 bits per heavy atom. The second kappa shape index (κ2) is 14.1. The van der Waals surface area contributed by atoms with Crippen LogP contribution in [-0.2, 0) is 16.1 Å². The molecule has 0 amide bonds. The topological polar surface area (TPSA) is 79.1 Å². The maximum absolute atomic E-state index is 14.4. The highest BCUT2D eigenvalue weighted by molar-refractivity contribution is 7.98. The van der Waals surface area contributed by atoms with Crippen molar-refractivity contribution < 1.29 is 19.0 Å². The van der Waals surface area contributed by atoms with Crippen LogP contribution in [0.15, 0.2) is 123 Å². The van der Waals surface area contributed by atoms with Gasteiger partial charge < -0.3 is 14.2 Å². The molecule has 0 spiro atoms. The Hall–Kier alpha value is -4.86. The van der Waals surface area contributed by atoms with Crippen LogP contribution < -0.4 is 24.4 Å². The van der Waals surface area contributed by atoms with E-state index >= 15 is 0 Å². The Labute approximate surface area is 275 Å². The quantitative estimate of drug-likeness (QED) is 0.132. The van der Waals surface area contributed by atoms with Crippen LogP contribution in [0.3, 0.4) is 0 Å². The molecule has 1 aliphatic heterocycles. The minimum Gasteiger partial charge on any atom is -0.493 e. The number of rotatable bonds is 10. The van der Waals surface area contributed by atoms with Crippen LogP contribution in [0.2, 0.25) is 0 Å². The van der Waals surface area contributed by atoms with E-state index in [0.29, 0.717) is 44.3 Å². The smallest absolute Gasteiger partial charge is 0.338 e. The first-order valence-electron chi connectivity index (χ1n) is 14.8. The summed E-state index contributed by atoms with van der Waals surface area (Å²) in [6.07, 6.45) is 3.81. The molecule has 0 saturated carbocycles. The first-order chi connectivity index (χ1) is 22.5. The van der Waals surface area contributed by atoms with Crippen molar-refractivity contribution in [3.8, 4) is 11.5 Å². The van der Waals surface area contributed by atoms with Crippen molar-refractivity contribution in [2.75, 3.05) is 20.0 Å². The summed E-state index contributed by atoms with van der Waals surface area (Å²) < 4.78 is 19.5. The van der Waals surface area contributed by atoms with E-state index in [9.17, 15) is 9.59 Å². The van der Waals surface area contributed by atoms with Gasteiger partial charge in [0.25, 0.3) is 5.56 Å². The number of nitrogens with zero attached hydrogens (tertiary/aromatic N) is 2. The van der Waals surface area contributed by atoms with Gasteiger partial charge in [-0.2, -0.15) is 0 Å². The molecule has 6 rings (SSSR count). The lowest BCUT2D eigenvalue weighted by atomic mass is 9.93. The van der Waals surface area contributed by atoms with Crippen LogP contribution in [0.25, 0.3) is 11.8 Å². The molecule has 46 heavy (non-hydrogen) atoms. The maximum atomic E-state index is 14.4. The first kappa shape index (κ1) is 31.1. The van der Waals surface area contributed by atoms with E-state index in [0.717, 1.165) is 21.6 Å². The molecule has 0 bridgehead atoms. The average molecular weight is 649 g/mol. The van der Waals surface area contributed by atoms with Crippen molar-refractivity contribution in [1.82, 2.24) is 4.57 Å². The molecule has 0 saturated heterocycles. The summed E-state index contributed by atoms with van der Waals surface area (Å²) in [5.74, 6) is 0.573. The fraction of sp³-hybridized carbons (Fsp3) is 0.162. The molecule has 0 fully saturated rings. The summed E-state index contributed by atoms with van der Waals surface area (Å²) in [7, 11) is 1.59. The zero-order valence-corrected chi connectivity index (χ0v) is 27.3. The van der Waals surface area contributed by atoms with Crippen molar-refractivity contribution >= 4 is 40.8 Å². The minimum atomic E-state index is -0.748. The van der Waals surface area contributed by atoms with Gasteiger partial charge in [-0.15, -0.1) is 11.8 Å². The van der Waals surface area contributed by atoms with Gasteiger partial charge in [0, 0.05) is 16.0 Å². The zero-order chi connectivity index (χ0) is 32.0. The van der Waals surface area contributed by atoms with Gasteiger partial charge >= 0.3 is 5.97 Å². The molecule has 1 aliphatic rings. The molecule has 232 valence electrons. The number of thiazole rings is 1. The number of para-hydroxylation sites is 1. The SMILES string of the molecule is CCOC(=O)C1=C(c2ccccc2)N=c2s/c(=C\c3cccc(OC)c3OCc3ccccc3)c(=O)n2[C@H]1c1ccc(SC)cc1. The largest absolute Gasteiger partial charge is 0.493 e. The normalized spacial score (nSPS) is 14.4. The van der Waals surface area contributed by atoms with Gasteiger partial charge in [-0.3, -0.25) is 9.36 Å². The van der Waals surface area contributed by atoms with Crippen molar-refractivity contribution in [3.63, 3.8) is 0 Å². The van der Waals surface area contributed by atoms with E-state index < -0.39 is 12.0 Å². The monoisotopic (exact) mass is 648 g/mol. The zero-order valence-electron chi connectivity index (χ0n) is 25.6. The van der Waals surface area contributed by atoms with Crippen LogP contribution >= 0.6 is 23.1 Å². The van der Waals surface area contributed by atoms with Crippen LogP contribution in [0.4, 0.5) is 0 Å². The molecule has 7 nitrogen and oxygen atoms in total. The Bertz CT molecular complexity index is 2070. The highest BCUT2D eigenvalue weighted by Crippen LogP contribution is 2.36. The molecule has 1 aromatic heterocycles. The van der Waals surface area contributed by atoms with E-state index in [2.05, 4.69) is 0 Å². The van der Waals surface area contributed by atoms with Crippen molar-refractivity contribution in [3.05, 3.63) is 151 Å². The third-order valence-corrected chi connectivity index (χ3v) is 9.27. The Balaban J connectivity index is 1.56. The van der Waals surface area contributed by atoms with Gasteiger partial charge in [-0.25, -0.2) is 9.79 Å². The molecule has 9 heteroatoms. The van der Waals surface area contributed by atoms with Gasteiger partial charge in [0.1, 0.15) is 6.61 Å². The van der Waals surface area contributed by atoms with E-state index in [1.807, 2.05) is 109 Å². The fourth-order valence-corrected chi connectivity index (χ4v) is 6.77. The lowest BCUT2D eigenvalue weighted by Gasteiger charge is -2.26. The lowest BCUT2D eigenvalue weighted by Crippen LogP contribution is -2.40. The summed E-state index contributed by atoms with van der Waals surface area (Å²) in [5, 5.41) is 0. The average Bonchev–Trinajstić information content (AvgIpc) is 3.41. The summed E-state index contributed by atoms with van der Waals surface area (Å²) >= 11 is 2.89. The third-order valence-electron chi connectivity index (χ3n) is 7.55. The van der Waals surface area contributed by atoms with E-state index in [-0.39, 0.29) is 12.2 Å². The predicted molar refractivity (Wildman–Crippen MR) is 183 cm³/mol. The highest BCUT2D eigenvalue weighted by atomic mass is 32.2. The van der Waals surface area contributed by atoms with Gasteiger partial charge in [0.2, 0.25) is 0 Å². The molecule has 0 unspecified atom stereocenters. The molecule has 2 heterocycles. The Morgan fingerprint density at radius 3 is 2.35 bits per heavy atom. The fourth-order valence-electron chi connectivity index (χ4n) is 5.37. The van der Waals surface area contributed by atoms with E-state index in [1.165, 1.54) is 11.3 Å². The number of esters is 1. The van der Waals surface area contributed by atoms with E-state index in [1.54, 1.807) is 36.4 Å². The number of thioether (sulfide) groups is 1. The molecular formula is C37H32N2O5S2. The number of carbonyl (C=O) groups excluding carboxylic acids is 1. The van der Waals surface area contributed by atoms with E-state index in [4.69, 9.17) is 19.2 Å². The molecule has 5 aromatic rings. The second-order valence-electron chi connectivity index (χ2n) is 10.4. The molecule has 0 aliphatic carbocycles. The summed E-state index contributed by atoms with van der Waals surface area (Å²) in [4.78, 5) is 34.6. The molecule has 0 radical (unpaired) electrons. The van der Waals surface area contributed by atoms with Gasteiger partial charge in [0.05, 0.1) is 35.6 Å². The highest BCUT2D eigenvalue weighted by Gasteiger charge is 2.35. The van der Waals surface area contributed by atoms with Crippen LogP contribution in [-0.4, -0.2) is 30.5 Å². The summed E-state index contributed by atoms with van der Waals surface area (Å²) in [5.41, 5.74) is 3.77. The van der Waals surface area contributed by atoms with Gasteiger partial charge in [0.15, 0.2) is 16.3 Å². The standard InChI is InChI=1S/C37H32N2O5S2/c1-4-43-36(41)31-32(25-14-9-6-10-15-25)38-37-39(33(31)26-18-20-28(45-3)21-19-26)35(40)30(46-37)22-27-16-11-17-29(42-2)34(27)44-23-24-12-7-5-8-13-24/h5-22,33H,4,23H2,1-3H3/b30-22-/t33-/m0/s1. The number of aromatic nitrogens is 1. The van der Waals surface area contributed by atoms with Crippen LogP contribution in [0.1, 0.15) is 35.2 Å². The molecular weight excluding hydrogens is 617 g/mol. The molecule has 4 aromatic carbocycles. The Kier molecular flexibility index (Phi) is 9.51. The lowest BCUT2D eigenvalue weighted by molar-refractivity contribution is -0.138. The minimum absolute atomic E-state index is 0.189. The van der Waals surface area contributed by atoms with Crippen molar-refractivity contribution in [2.45, 2.75) is 24.5 Å². The van der Waals surface area contributed by atoms with Crippen molar-refractivity contribution in [2.24, 2.45) is 4.99 Å². The van der Waals surface area contributed by atoms with Crippen molar-refractivity contribution in [1.29, 1.82) is 0 Å². The number of hydrogen-bond acceptors (Lipinski definition) is 8. The number of benzene rings is 4. The predicted octanol–water partition coefficient (Wildman–Crippen LogP) is 6.25. The van der Waals surface area contributed by atoms with Gasteiger partial charge in [-0.05, 0) is 48.6 Å².